The molecule has 0 fully saturated rings. The third-order valence-corrected chi connectivity index (χ3v) is 1.08. The molecule has 0 nitrogen and oxygen atoms in total. The average Bonchev–Trinajstić information content (AvgIpc) is 1.80. The molecule has 52 valence electrons. The van der Waals surface area contributed by atoms with E-state index >= 15 is 0 Å². The first-order valence-corrected chi connectivity index (χ1v) is 3.53. The predicted molar refractivity (Wildman–Crippen MR) is 43.4 cm³/mol. The first-order chi connectivity index (χ1) is 4.27. The van der Waals surface area contributed by atoms with Crippen molar-refractivity contribution < 1.29 is 0 Å². The largest absolute Gasteiger partial charge is 0.103 e. The van der Waals surface area contributed by atoms with Crippen molar-refractivity contribution in [1.29, 1.82) is 0 Å². The maximum absolute atomic E-state index is 3.63. The van der Waals surface area contributed by atoms with E-state index in [1.165, 1.54) is 6.42 Å². The van der Waals surface area contributed by atoms with Gasteiger partial charge in [-0.05, 0) is 18.8 Å². The van der Waals surface area contributed by atoms with Crippen molar-refractivity contribution in [3.63, 3.8) is 0 Å². The summed E-state index contributed by atoms with van der Waals surface area (Å²) in [5.41, 5.74) is 0. The van der Waals surface area contributed by atoms with Gasteiger partial charge in [-0.15, -0.1) is 6.58 Å². The number of allylic oxidation sites excluding steroid dienone is 3. The van der Waals surface area contributed by atoms with Crippen molar-refractivity contribution in [2.75, 3.05) is 0 Å². The predicted octanol–water partition coefficient (Wildman–Crippen LogP) is 3.16. The molecule has 0 spiro atoms. The van der Waals surface area contributed by atoms with E-state index in [0.29, 0.717) is 0 Å². The Morgan fingerprint density at radius 1 is 1.33 bits per heavy atom. The smallest absolute Gasteiger partial charge is 0.0172 e. The zero-order valence-electron chi connectivity index (χ0n) is 6.43. The van der Waals surface area contributed by atoms with Crippen molar-refractivity contribution in [2.45, 2.75) is 26.7 Å². The van der Waals surface area contributed by atoms with Gasteiger partial charge in [0.25, 0.3) is 0 Å². The van der Waals surface area contributed by atoms with Crippen LogP contribution in [0.5, 0.6) is 0 Å². The zero-order valence-corrected chi connectivity index (χ0v) is 6.43. The van der Waals surface area contributed by atoms with Crippen LogP contribution in [0.25, 0.3) is 0 Å². The van der Waals surface area contributed by atoms with Gasteiger partial charge in [0.1, 0.15) is 0 Å². The van der Waals surface area contributed by atoms with Crippen LogP contribution in [0.3, 0.4) is 0 Å². The second-order valence-electron chi connectivity index (χ2n) is 2.63. The standard InChI is InChI=1S/C9H16/c1-4-5-6-7-8-9(2)3/h4,6-7,9H,1,5,8H2,2-3H3. The minimum Gasteiger partial charge on any atom is -0.103 e. The second kappa shape index (κ2) is 5.61. The normalized spacial score (nSPS) is 11.0. The van der Waals surface area contributed by atoms with Crippen LogP contribution in [-0.2, 0) is 0 Å². The third-order valence-electron chi connectivity index (χ3n) is 1.08. The van der Waals surface area contributed by atoms with Crippen LogP contribution < -0.4 is 0 Å². The summed E-state index contributed by atoms with van der Waals surface area (Å²) >= 11 is 0. The van der Waals surface area contributed by atoms with Crippen molar-refractivity contribution in [1.82, 2.24) is 0 Å². The maximum atomic E-state index is 3.63. The van der Waals surface area contributed by atoms with E-state index < -0.39 is 0 Å². The van der Waals surface area contributed by atoms with E-state index in [-0.39, 0.29) is 0 Å². The lowest BCUT2D eigenvalue weighted by atomic mass is 10.1. The Labute approximate surface area is 58.3 Å². The average molecular weight is 124 g/mol. The van der Waals surface area contributed by atoms with Gasteiger partial charge in [-0.2, -0.15) is 0 Å². The monoisotopic (exact) mass is 124 g/mol. The number of rotatable bonds is 4. The summed E-state index contributed by atoms with van der Waals surface area (Å²) in [4.78, 5) is 0. The number of hydrogen-bond acceptors (Lipinski definition) is 0. The zero-order chi connectivity index (χ0) is 7.11. The van der Waals surface area contributed by atoms with Gasteiger partial charge in [0, 0.05) is 0 Å². The fourth-order valence-electron chi connectivity index (χ4n) is 0.561. The first kappa shape index (κ1) is 8.48. The van der Waals surface area contributed by atoms with Crippen molar-refractivity contribution in [2.24, 2.45) is 5.92 Å². The Bertz CT molecular complexity index is 88.2. The van der Waals surface area contributed by atoms with Gasteiger partial charge in [-0.25, -0.2) is 0 Å². The topological polar surface area (TPSA) is 0 Å². The van der Waals surface area contributed by atoms with Gasteiger partial charge in [0.15, 0.2) is 0 Å². The molecule has 0 amide bonds. The van der Waals surface area contributed by atoms with E-state index in [9.17, 15) is 0 Å². The Balaban J connectivity index is 3.14. The molecule has 0 aromatic rings. The van der Waals surface area contributed by atoms with Crippen LogP contribution in [0.15, 0.2) is 24.8 Å². The van der Waals surface area contributed by atoms with Crippen LogP contribution in [0.1, 0.15) is 26.7 Å². The summed E-state index contributed by atoms with van der Waals surface area (Å²) in [6, 6.07) is 0. The molecule has 0 bridgehead atoms. The lowest BCUT2D eigenvalue weighted by Crippen LogP contribution is -1.80. The molecule has 9 heavy (non-hydrogen) atoms. The molecule has 0 heterocycles. The van der Waals surface area contributed by atoms with Gasteiger partial charge in [0.2, 0.25) is 0 Å². The summed E-state index contributed by atoms with van der Waals surface area (Å²) in [6.07, 6.45) is 8.48. The molecule has 0 aliphatic heterocycles. The highest BCUT2D eigenvalue weighted by atomic mass is 13.9. The van der Waals surface area contributed by atoms with Crippen molar-refractivity contribution in [3.8, 4) is 0 Å². The summed E-state index contributed by atoms with van der Waals surface area (Å²) in [5, 5.41) is 0. The molecular weight excluding hydrogens is 108 g/mol. The van der Waals surface area contributed by atoms with Crippen LogP contribution in [0.4, 0.5) is 0 Å². The Morgan fingerprint density at radius 3 is 2.44 bits per heavy atom. The van der Waals surface area contributed by atoms with E-state index in [1.54, 1.807) is 0 Å². The van der Waals surface area contributed by atoms with Crippen LogP contribution in [0, 0.1) is 5.92 Å². The Morgan fingerprint density at radius 2 is 2.00 bits per heavy atom. The molecule has 0 rings (SSSR count). The maximum Gasteiger partial charge on any atom is -0.0172 e. The van der Waals surface area contributed by atoms with Crippen molar-refractivity contribution >= 4 is 0 Å². The molecule has 0 N–H and O–H groups in total. The molecule has 0 saturated heterocycles. The molecule has 0 radical (unpaired) electrons. The van der Waals surface area contributed by atoms with Crippen LogP contribution in [-0.4, -0.2) is 0 Å². The molecule has 0 heteroatoms. The fourth-order valence-corrected chi connectivity index (χ4v) is 0.561. The summed E-state index contributed by atoms with van der Waals surface area (Å²) in [6.45, 7) is 8.07. The minimum atomic E-state index is 0.783. The van der Waals surface area contributed by atoms with Gasteiger partial charge in [-0.1, -0.05) is 32.1 Å². The highest BCUT2D eigenvalue weighted by Gasteiger charge is 1.84. The lowest BCUT2D eigenvalue weighted by molar-refractivity contribution is 0.663. The van der Waals surface area contributed by atoms with E-state index in [1.807, 2.05) is 6.08 Å². The SMILES string of the molecule is C=CCC=CCC(C)C. The Hall–Kier alpha value is -0.520. The molecule has 0 aromatic heterocycles. The van der Waals surface area contributed by atoms with E-state index in [0.717, 1.165) is 12.3 Å². The van der Waals surface area contributed by atoms with Crippen molar-refractivity contribution in [3.05, 3.63) is 24.8 Å². The first-order valence-electron chi connectivity index (χ1n) is 3.53. The summed E-state index contributed by atoms with van der Waals surface area (Å²) < 4.78 is 0. The molecule has 0 aliphatic carbocycles. The van der Waals surface area contributed by atoms with E-state index in [2.05, 4.69) is 32.6 Å². The number of hydrogen-bond donors (Lipinski definition) is 0. The molecular formula is C9H16. The van der Waals surface area contributed by atoms with Gasteiger partial charge < -0.3 is 0 Å². The third kappa shape index (κ3) is 7.48. The lowest BCUT2D eigenvalue weighted by Gasteiger charge is -1.94. The molecule has 0 saturated carbocycles. The minimum absolute atomic E-state index is 0.783. The molecule has 0 unspecified atom stereocenters. The fraction of sp³-hybridized carbons (Fsp3) is 0.556. The summed E-state index contributed by atoms with van der Waals surface area (Å²) in [5.74, 6) is 0.783. The van der Waals surface area contributed by atoms with Crippen LogP contribution in [0.2, 0.25) is 0 Å². The van der Waals surface area contributed by atoms with E-state index in [4.69, 9.17) is 0 Å². The molecule has 0 atom stereocenters. The van der Waals surface area contributed by atoms with Gasteiger partial charge >= 0.3 is 0 Å². The van der Waals surface area contributed by atoms with Crippen LogP contribution >= 0.6 is 0 Å². The Kier molecular flexibility index (Phi) is 5.29. The van der Waals surface area contributed by atoms with Gasteiger partial charge in [-0.3, -0.25) is 0 Å². The second-order valence-corrected chi connectivity index (χ2v) is 2.63. The van der Waals surface area contributed by atoms with Gasteiger partial charge in [0.05, 0.1) is 0 Å². The molecule has 0 aromatic carbocycles. The summed E-state index contributed by atoms with van der Waals surface area (Å²) in [7, 11) is 0. The highest BCUT2D eigenvalue weighted by Crippen LogP contribution is 2.00. The molecule has 0 aliphatic rings. The quantitative estimate of drug-likeness (QED) is 0.505. The highest BCUT2D eigenvalue weighted by molar-refractivity contribution is 4.88.